The van der Waals surface area contributed by atoms with E-state index >= 15 is 0 Å². The molecule has 0 bridgehead atoms. The zero-order valence-electron chi connectivity index (χ0n) is 16.8. The van der Waals surface area contributed by atoms with Crippen molar-refractivity contribution in [2.45, 2.75) is 65.2 Å². The lowest BCUT2D eigenvalue weighted by Gasteiger charge is -2.38. The largest absolute Gasteiger partial charge is 0.487 e. The highest BCUT2D eigenvalue weighted by Crippen LogP contribution is 2.39. The summed E-state index contributed by atoms with van der Waals surface area (Å²) in [5.74, 6) is 1.52. The fraction of sp³-hybridized carbons (Fsp3) is 0.435. The number of benzene rings is 2. The molecule has 144 valence electrons. The Labute approximate surface area is 161 Å². The highest BCUT2D eigenvalue weighted by Gasteiger charge is 2.35. The van der Waals surface area contributed by atoms with Gasteiger partial charge in [0, 0.05) is 12.0 Å². The van der Waals surface area contributed by atoms with Gasteiger partial charge in [-0.25, -0.2) is 0 Å². The van der Waals surface area contributed by atoms with Crippen LogP contribution in [0.3, 0.4) is 0 Å². The fourth-order valence-corrected chi connectivity index (χ4v) is 3.51. The van der Waals surface area contributed by atoms with Crippen LogP contribution in [0.2, 0.25) is 0 Å². The van der Waals surface area contributed by atoms with Crippen LogP contribution in [0.1, 0.15) is 56.3 Å². The molecule has 2 aromatic rings. The number of nitrogens with one attached hydrogen (secondary N) is 1. The lowest BCUT2D eigenvalue weighted by molar-refractivity contribution is -0.129. The summed E-state index contributed by atoms with van der Waals surface area (Å²) in [5, 5.41) is 3.19. The van der Waals surface area contributed by atoms with Gasteiger partial charge in [-0.05, 0) is 57.4 Å². The van der Waals surface area contributed by atoms with Crippen LogP contribution in [0.4, 0.5) is 0 Å². The van der Waals surface area contributed by atoms with Crippen LogP contribution in [0, 0.1) is 13.8 Å². The zero-order valence-corrected chi connectivity index (χ0v) is 16.8. The van der Waals surface area contributed by atoms with Gasteiger partial charge in [-0.3, -0.25) is 4.79 Å². The number of amides is 1. The Balaban J connectivity index is 1.78. The third kappa shape index (κ3) is 4.44. The van der Waals surface area contributed by atoms with Crippen molar-refractivity contribution in [3.05, 3.63) is 59.2 Å². The second-order valence-electron chi connectivity index (χ2n) is 7.95. The number of carbonyl (C=O) groups excluding carboxylic acids is 1. The van der Waals surface area contributed by atoms with E-state index in [0.29, 0.717) is 6.42 Å². The Morgan fingerprint density at radius 2 is 2.00 bits per heavy atom. The van der Waals surface area contributed by atoms with Gasteiger partial charge in [0.25, 0.3) is 5.91 Å². The minimum absolute atomic E-state index is 0.0871. The minimum atomic E-state index is -0.524. The van der Waals surface area contributed by atoms with Gasteiger partial charge in [0.05, 0.1) is 6.04 Å². The minimum Gasteiger partial charge on any atom is -0.487 e. The molecule has 0 aliphatic carbocycles. The van der Waals surface area contributed by atoms with Crippen LogP contribution < -0.4 is 14.8 Å². The van der Waals surface area contributed by atoms with E-state index in [1.165, 1.54) is 0 Å². The van der Waals surface area contributed by atoms with Crippen LogP contribution in [-0.2, 0) is 4.79 Å². The first-order chi connectivity index (χ1) is 12.8. The summed E-state index contributed by atoms with van der Waals surface area (Å²) in [6.07, 6.45) is 0.798. The molecule has 27 heavy (non-hydrogen) atoms. The van der Waals surface area contributed by atoms with E-state index in [4.69, 9.17) is 9.47 Å². The predicted molar refractivity (Wildman–Crippen MR) is 107 cm³/mol. The van der Waals surface area contributed by atoms with E-state index in [1.54, 1.807) is 0 Å². The summed E-state index contributed by atoms with van der Waals surface area (Å²) < 4.78 is 12.1. The molecule has 1 aliphatic heterocycles. The molecule has 0 radical (unpaired) electrons. The standard InChI is InChI=1S/C23H29NO3/c1-6-19(26-21-13-15(2)11-12-16(21)3)22(25)24-18-14-23(4,5)27-20-10-8-7-9-17(18)20/h7-13,18-19H,6,14H2,1-5H3,(H,24,25)/t18-,19-/m1/s1. The Bertz CT molecular complexity index is 828. The number of fused-ring (bicyclic) bond motifs is 1. The Morgan fingerprint density at radius 1 is 1.26 bits per heavy atom. The molecule has 3 rings (SSSR count). The van der Waals surface area contributed by atoms with Crippen LogP contribution in [0.25, 0.3) is 0 Å². The molecule has 1 aliphatic rings. The van der Waals surface area contributed by atoms with Crippen LogP contribution in [0.15, 0.2) is 42.5 Å². The highest BCUT2D eigenvalue weighted by atomic mass is 16.5. The molecule has 0 spiro atoms. The Hall–Kier alpha value is -2.49. The first-order valence-electron chi connectivity index (χ1n) is 9.61. The van der Waals surface area contributed by atoms with Crippen molar-refractivity contribution in [1.82, 2.24) is 5.32 Å². The second-order valence-corrected chi connectivity index (χ2v) is 7.95. The normalized spacial score (nSPS) is 18.8. The van der Waals surface area contributed by atoms with Crippen LogP contribution in [-0.4, -0.2) is 17.6 Å². The first-order valence-corrected chi connectivity index (χ1v) is 9.61. The third-order valence-electron chi connectivity index (χ3n) is 4.97. The lowest BCUT2D eigenvalue weighted by atomic mass is 9.89. The average molecular weight is 367 g/mol. The van der Waals surface area contributed by atoms with Crippen LogP contribution >= 0.6 is 0 Å². The number of hydrogen-bond acceptors (Lipinski definition) is 3. The molecule has 1 heterocycles. The maximum absolute atomic E-state index is 13.0. The van der Waals surface area contributed by atoms with Crippen molar-refractivity contribution in [2.24, 2.45) is 0 Å². The number of hydrogen-bond donors (Lipinski definition) is 1. The molecule has 2 atom stereocenters. The van der Waals surface area contributed by atoms with Gasteiger partial charge in [0.15, 0.2) is 6.10 Å². The zero-order chi connectivity index (χ0) is 19.6. The topological polar surface area (TPSA) is 47.6 Å². The second kappa shape index (κ2) is 7.63. The first kappa shape index (κ1) is 19.3. The molecule has 2 aromatic carbocycles. The van der Waals surface area contributed by atoms with Gasteiger partial charge >= 0.3 is 0 Å². The summed E-state index contributed by atoms with van der Waals surface area (Å²) in [6, 6.07) is 13.9. The van der Waals surface area contributed by atoms with Gasteiger partial charge in [-0.15, -0.1) is 0 Å². The summed E-state index contributed by atoms with van der Waals surface area (Å²) in [4.78, 5) is 13.0. The molecule has 0 saturated heterocycles. The number of carbonyl (C=O) groups is 1. The van der Waals surface area contributed by atoms with Gasteiger partial charge < -0.3 is 14.8 Å². The molecule has 1 amide bonds. The van der Waals surface area contributed by atoms with E-state index in [0.717, 1.165) is 34.6 Å². The number of para-hydroxylation sites is 1. The smallest absolute Gasteiger partial charge is 0.261 e. The monoisotopic (exact) mass is 367 g/mol. The molecule has 0 fully saturated rings. The van der Waals surface area contributed by atoms with E-state index in [-0.39, 0.29) is 17.6 Å². The maximum atomic E-state index is 13.0. The van der Waals surface area contributed by atoms with Crippen molar-refractivity contribution < 1.29 is 14.3 Å². The van der Waals surface area contributed by atoms with Crippen molar-refractivity contribution >= 4 is 5.91 Å². The van der Waals surface area contributed by atoms with Crippen molar-refractivity contribution in [1.29, 1.82) is 0 Å². The summed E-state index contributed by atoms with van der Waals surface area (Å²) >= 11 is 0. The summed E-state index contributed by atoms with van der Waals surface area (Å²) in [6.45, 7) is 10.1. The Morgan fingerprint density at radius 3 is 2.74 bits per heavy atom. The molecular formula is C23H29NO3. The Kier molecular flexibility index (Phi) is 5.45. The molecule has 4 heteroatoms. The van der Waals surface area contributed by atoms with Crippen molar-refractivity contribution in [2.75, 3.05) is 0 Å². The van der Waals surface area contributed by atoms with Gasteiger partial charge in [-0.1, -0.05) is 37.3 Å². The summed E-state index contributed by atoms with van der Waals surface area (Å²) in [7, 11) is 0. The number of rotatable bonds is 5. The third-order valence-corrected chi connectivity index (χ3v) is 4.97. The van der Waals surface area contributed by atoms with Crippen LogP contribution in [0.5, 0.6) is 11.5 Å². The van der Waals surface area contributed by atoms with Gasteiger partial charge in [0.1, 0.15) is 17.1 Å². The molecule has 0 unspecified atom stereocenters. The molecule has 0 saturated carbocycles. The SMILES string of the molecule is CC[C@@H](Oc1cc(C)ccc1C)C(=O)N[C@@H]1CC(C)(C)Oc2ccccc21. The number of ether oxygens (including phenoxy) is 2. The van der Waals surface area contributed by atoms with Crippen molar-refractivity contribution in [3.8, 4) is 11.5 Å². The van der Waals surface area contributed by atoms with E-state index < -0.39 is 6.10 Å². The van der Waals surface area contributed by atoms with E-state index in [2.05, 4.69) is 5.32 Å². The van der Waals surface area contributed by atoms with Gasteiger partial charge in [0.2, 0.25) is 0 Å². The predicted octanol–water partition coefficient (Wildman–Crippen LogP) is 4.88. The number of aryl methyl sites for hydroxylation is 2. The molecule has 0 aromatic heterocycles. The lowest BCUT2D eigenvalue weighted by Crippen LogP contribution is -2.45. The van der Waals surface area contributed by atoms with E-state index in [1.807, 2.05) is 77.1 Å². The fourth-order valence-electron chi connectivity index (χ4n) is 3.51. The molecular weight excluding hydrogens is 338 g/mol. The highest BCUT2D eigenvalue weighted by molar-refractivity contribution is 5.81. The van der Waals surface area contributed by atoms with Gasteiger partial charge in [-0.2, -0.15) is 0 Å². The quantitative estimate of drug-likeness (QED) is 0.819. The summed E-state index contributed by atoms with van der Waals surface area (Å²) in [5.41, 5.74) is 2.84. The molecule has 1 N–H and O–H groups in total. The average Bonchev–Trinajstić information content (AvgIpc) is 2.61. The molecule has 4 nitrogen and oxygen atoms in total. The van der Waals surface area contributed by atoms with Crippen molar-refractivity contribution in [3.63, 3.8) is 0 Å². The maximum Gasteiger partial charge on any atom is 0.261 e. The van der Waals surface area contributed by atoms with E-state index in [9.17, 15) is 4.79 Å².